The van der Waals surface area contributed by atoms with Gasteiger partial charge in [0.15, 0.2) is 0 Å². The fourth-order valence-corrected chi connectivity index (χ4v) is 1.66. The molecule has 14 heavy (non-hydrogen) atoms. The number of hydrogen-bond acceptors (Lipinski definition) is 2. The first-order chi connectivity index (χ1) is 6.65. The molecule has 0 aliphatic heterocycles. The number of aryl methyl sites for hydroxylation is 1. The number of rotatable bonds is 4. The minimum Gasteiger partial charge on any atom is -0.329 e. The standard InChI is InChI=1S/C12H20N2/c1-9-6-4-5-7-12(9)11(3)14-10(2)8-13/h4-7,10-11,14H,8,13H2,1-3H3/t10?,11-/m1/s1. The van der Waals surface area contributed by atoms with E-state index < -0.39 is 0 Å². The molecule has 0 radical (unpaired) electrons. The highest BCUT2D eigenvalue weighted by Crippen LogP contribution is 2.16. The third-order valence-electron chi connectivity index (χ3n) is 2.54. The van der Waals surface area contributed by atoms with Gasteiger partial charge in [-0.15, -0.1) is 0 Å². The van der Waals surface area contributed by atoms with Crippen LogP contribution >= 0.6 is 0 Å². The average Bonchev–Trinajstić information content (AvgIpc) is 2.18. The average molecular weight is 192 g/mol. The highest BCUT2D eigenvalue weighted by atomic mass is 15.0. The molecule has 0 aromatic heterocycles. The summed E-state index contributed by atoms with van der Waals surface area (Å²) in [5.41, 5.74) is 8.26. The lowest BCUT2D eigenvalue weighted by atomic mass is 10.0. The van der Waals surface area contributed by atoms with Gasteiger partial charge in [-0.2, -0.15) is 0 Å². The predicted octanol–water partition coefficient (Wildman–Crippen LogP) is 1.99. The Bertz CT molecular complexity index is 283. The maximum atomic E-state index is 5.57. The molecule has 1 aromatic rings. The van der Waals surface area contributed by atoms with Crippen LogP contribution in [0.25, 0.3) is 0 Å². The van der Waals surface area contributed by atoms with Crippen LogP contribution < -0.4 is 11.1 Å². The lowest BCUT2D eigenvalue weighted by Gasteiger charge is -2.20. The van der Waals surface area contributed by atoms with Crippen LogP contribution in [0.3, 0.4) is 0 Å². The molecule has 1 aromatic carbocycles. The normalized spacial score (nSPS) is 15.1. The Kier molecular flexibility index (Phi) is 4.11. The van der Waals surface area contributed by atoms with Crippen LogP contribution in [0.4, 0.5) is 0 Å². The molecule has 0 spiro atoms. The van der Waals surface area contributed by atoms with Crippen molar-refractivity contribution in [3.8, 4) is 0 Å². The summed E-state index contributed by atoms with van der Waals surface area (Å²) in [5, 5.41) is 3.46. The third-order valence-corrected chi connectivity index (χ3v) is 2.54. The van der Waals surface area contributed by atoms with Gasteiger partial charge in [0.1, 0.15) is 0 Å². The maximum absolute atomic E-state index is 5.57. The zero-order valence-corrected chi connectivity index (χ0v) is 9.25. The van der Waals surface area contributed by atoms with Crippen molar-refractivity contribution in [1.29, 1.82) is 0 Å². The Morgan fingerprint density at radius 2 is 1.93 bits per heavy atom. The van der Waals surface area contributed by atoms with Crippen LogP contribution in [0.1, 0.15) is 31.0 Å². The minimum atomic E-state index is 0.365. The highest BCUT2D eigenvalue weighted by Gasteiger charge is 2.09. The van der Waals surface area contributed by atoms with E-state index in [0.29, 0.717) is 18.6 Å². The Hall–Kier alpha value is -0.860. The fraction of sp³-hybridized carbons (Fsp3) is 0.500. The Labute approximate surface area is 86.5 Å². The number of nitrogens with two attached hydrogens (primary N) is 1. The molecule has 2 atom stereocenters. The van der Waals surface area contributed by atoms with Crippen molar-refractivity contribution in [2.45, 2.75) is 32.9 Å². The molecular formula is C12H20N2. The summed E-state index contributed by atoms with van der Waals surface area (Å²) in [7, 11) is 0. The van der Waals surface area contributed by atoms with E-state index in [9.17, 15) is 0 Å². The quantitative estimate of drug-likeness (QED) is 0.765. The van der Waals surface area contributed by atoms with Gasteiger partial charge in [-0.05, 0) is 31.9 Å². The first-order valence-corrected chi connectivity index (χ1v) is 5.16. The molecule has 0 saturated heterocycles. The topological polar surface area (TPSA) is 38.0 Å². The largest absolute Gasteiger partial charge is 0.329 e. The van der Waals surface area contributed by atoms with Crippen molar-refractivity contribution in [3.05, 3.63) is 35.4 Å². The van der Waals surface area contributed by atoms with E-state index in [4.69, 9.17) is 5.73 Å². The monoisotopic (exact) mass is 192 g/mol. The van der Waals surface area contributed by atoms with Gasteiger partial charge in [-0.1, -0.05) is 24.3 Å². The van der Waals surface area contributed by atoms with Gasteiger partial charge in [0.05, 0.1) is 0 Å². The number of hydrogen-bond donors (Lipinski definition) is 2. The summed E-state index contributed by atoms with van der Waals surface area (Å²) in [6, 6.07) is 9.18. The van der Waals surface area contributed by atoms with Crippen molar-refractivity contribution < 1.29 is 0 Å². The van der Waals surface area contributed by atoms with Crippen LogP contribution in [0, 0.1) is 6.92 Å². The molecule has 0 aliphatic carbocycles. The predicted molar refractivity (Wildman–Crippen MR) is 61.2 cm³/mol. The lowest BCUT2D eigenvalue weighted by molar-refractivity contribution is 0.484. The van der Waals surface area contributed by atoms with Gasteiger partial charge in [-0.25, -0.2) is 0 Å². The van der Waals surface area contributed by atoms with Crippen LogP contribution in [0.2, 0.25) is 0 Å². The summed E-state index contributed by atoms with van der Waals surface area (Å²) in [6.07, 6.45) is 0. The SMILES string of the molecule is Cc1ccccc1[C@@H](C)NC(C)CN. The molecule has 3 N–H and O–H groups in total. The van der Waals surface area contributed by atoms with Crippen molar-refractivity contribution >= 4 is 0 Å². The number of benzene rings is 1. The molecule has 0 heterocycles. The van der Waals surface area contributed by atoms with E-state index in [-0.39, 0.29) is 0 Å². The van der Waals surface area contributed by atoms with Gasteiger partial charge >= 0.3 is 0 Å². The van der Waals surface area contributed by atoms with E-state index in [0.717, 1.165) is 0 Å². The van der Waals surface area contributed by atoms with Crippen molar-refractivity contribution in [2.75, 3.05) is 6.54 Å². The maximum Gasteiger partial charge on any atom is 0.0297 e. The molecule has 0 amide bonds. The summed E-state index contributed by atoms with van der Waals surface area (Å²) >= 11 is 0. The van der Waals surface area contributed by atoms with Gasteiger partial charge in [-0.3, -0.25) is 0 Å². The van der Waals surface area contributed by atoms with Crippen molar-refractivity contribution in [3.63, 3.8) is 0 Å². The van der Waals surface area contributed by atoms with E-state index in [1.54, 1.807) is 0 Å². The molecule has 0 fully saturated rings. The summed E-state index contributed by atoms with van der Waals surface area (Å²) in [4.78, 5) is 0. The van der Waals surface area contributed by atoms with Gasteiger partial charge in [0, 0.05) is 18.6 Å². The first-order valence-electron chi connectivity index (χ1n) is 5.16. The third kappa shape index (κ3) is 2.82. The fourth-order valence-electron chi connectivity index (χ4n) is 1.66. The summed E-state index contributed by atoms with van der Waals surface area (Å²) in [5.74, 6) is 0. The van der Waals surface area contributed by atoms with Gasteiger partial charge < -0.3 is 11.1 Å². The molecule has 1 unspecified atom stereocenters. The number of nitrogens with one attached hydrogen (secondary N) is 1. The van der Waals surface area contributed by atoms with E-state index in [2.05, 4.69) is 50.4 Å². The smallest absolute Gasteiger partial charge is 0.0297 e. The zero-order chi connectivity index (χ0) is 10.6. The van der Waals surface area contributed by atoms with Crippen LogP contribution in [0.5, 0.6) is 0 Å². The molecule has 2 nitrogen and oxygen atoms in total. The summed E-state index contributed by atoms with van der Waals surface area (Å²) < 4.78 is 0. The van der Waals surface area contributed by atoms with E-state index in [1.807, 2.05) is 0 Å². The second-order valence-corrected chi connectivity index (χ2v) is 3.88. The molecule has 78 valence electrons. The van der Waals surface area contributed by atoms with Crippen LogP contribution in [-0.4, -0.2) is 12.6 Å². The summed E-state index contributed by atoms with van der Waals surface area (Å²) in [6.45, 7) is 7.10. The van der Waals surface area contributed by atoms with Crippen LogP contribution in [0.15, 0.2) is 24.3 Å². The second kappa shape index (κ2) is 5.13. The lowest BCUT2D eigenvalue weighted by Crippen LogP contribution is -2.35. The van der Waals surface area contributed by atoms with E-state index >= 15 is 0 Å². The molecule has 0 saturated carbocycles. The van der Waals surface area contributed by atoms with E-state index in [1.165, 1.54) is 11.1 Å². The van der Waals surface area contributed by atoms with Gasteiger partial charge in [0.2, 0.25) is 0 Å². The van der Waals surface area contributed by atoms with Crippen molar-refractivity contribution in [2.24, 2.45) is 5.73 Å². The minimum absolute atomic E-state index is 0.365. The first kappa shape index (κ1) is 11.2. The second-order valence-electron chi connectivity index (χ2n) is 3.88. The Morgan fingerprint density at radius 3 is 2.50 bits per heavy atom. The molecule has 0 aliphatic rings. The molecule has 0 bridgehead atoms. The Balaban J connectivity index is 2.69. The van der Waals surface area contributed by atoms with Crippen LogP contribution in [-0.2, 0) is 0 Å². The zero-order valence-electron chi connectivity index (χ0n) is 9.25. The molecule has 2 heteroatoms. The van der Waals surface area contributed by atoms with Crippen molar-refractivity contribution in [1.82, 2.24) is 5.32 Å². The van der Waals surface area contributed by atoms with Gasteiger partial charge in [0.25, 0.3) is 0 Å². The molecule has 1 rings (SSSR count). The highest BCUT2D eigenvalue weighted by molar-refractivity contribution is 5.28. The molecular weight excluding hydrogens is 172 g/mol. The Morgan fingerprint density at radius 1 is 1.29 bits per heavy atom.